The van der Waals surface area contributed by atoms with Crippen LogP contribution in [0.1, 0.15) is 26.7 Å². The molecule has 1 N–H and O–H groups in total. The van der Waals surface area contributed by atoms with Gasteiger partial charge in [0.15, 0.2) is 11.5 Å². The van der Waals surface area contributed by atoms with E-state index >= 15 is 0 Å². The van der Waals surface area contributed by atoms with Crippen LogP contribution in [0.5, 0.6) is 11.5 Å². The van der Waals surface area contributed by atoms with Crippen molar-refractivity contribution >= 4 is 17.3 Å². The lowest BCUT2D eigenvalue weighted by Crippen LogP contribution is -2.46. The maximum absolute atomic E-state index is 12.4. The fraction of sp³-hybridized carbons (Fsp3) is 0.533. The van der Waals surface area contributed by atoms with Gasteiger partial charge in [-0.05, 0) is 13.3 Å². The number of nitrogens with one attached hydrogen (secondary N) is 1. The molecule has 0 aliphatic carbocycles. The molecule has 108 valence electrons. The molecular weight excluding hydrogens is 256 g/mol. The topological polar surface area (TPSA) is 50.8 Å². The zero-order valence-electron chi connectivity index (χ0n) is 11.9. The van der Waals surface area contributed by atoms with Gasteiger partial charge in [0.25, 0.3) is 0 Å². The van der Waals surface area contributed by atoms with Crippen molar-refractivity contribution in [1.29, 1.82) is 0 Å². The molecule has 1 aromatic carbocycles. The van der Waals surface area contributed by atoms with Gasteiger partial charge < -0.3 is 19.7 Å². The minimum Gasteiger partial charge on any atom is -0.486 e. The Morgan fingerprint density at radius 1 is 1.30 bits per heavy atom. The van der Waals surface area contributed by atoms with Crippen LogP contribution in [-0.2, 0) is 4.79 Å². The number of anilines is 2. The standard InChI is InChI=1S/C15H20N2O3/c1-3-4-5-17-12-9-14-13(19-6-7-20-14)8-11(12)16-10(2)15(17)18/h8-10,16H,3-7H2,1-2H3. The van der Waals surface area contributed by atoms with Crippen LogP contribution in [0.2, 0.25) is 0 Å². The monoisotopic (exact) mass is 276 g/mol. The van der Waals surface area contributed by atoms with Crippen molar-refractivity contribution in [2.75, 3.05) is 30.0 Å². The number of hydrogen-bond acceptors (Lipinski definition) is 4. The number of benzene rings is 1. The van der Waals surface area contributed by atoms with E-state index in [1.807, 2.05) is 24.0 Å². The summed E-state index contributed by atoms with van der Waals surface area (Å²) in [6.07, 6.45) is 2.05. The van der Waals surface area contributed by atoms with Crippen molar-refractivity contribution in [2.24, 2.45) is 0 Å². The van der Waals surface area contributed by atoms with E-state index in [1.54, 1.807) is 0 Å². The molecule has 2 aliphatic rings. The Hall–Kier alpha value is -1.91. The molecule has 0 saturated heterocycles. The molecule has 1 atom stereocenters. The number of fused-ring (bicyclic) bond motifs is 2. The SMILES string of the molecule is CCCCN1C(=O)C(C)Nc2cc3c(cc21)OCCO3. The van der Waals surface area contributed by atoms with E-state index in [9.17, 15) is 4.79 Å². The molecule has 1 aromatic rings. The number of carbonyl (C=O) groups excluding carboxylic acids is 1. The molecule has 1 unspecified atom stereocenters. The van der Waals surface area contributed by atoms with Gasteiger partial charge in [-0.1, -0.05) is 13.3 Å². The van der Waals surface area contributed by atoms with Crippen LogP contribution in [0.3, 0.4) is 0 Å². The molecule has 0 fully saturated rings. The third-order valence-corrected chi connectivity index (χ3v) is 3.70. The van der Waals surface area contributed by atoms with Gasteiger partial charge >= 0.3 is 0 Å². The highest BCUT2D eigenvalue weighted by molar-refractivity contribution is 6.05. The molecule has 5 heteroatoms. The lowest BCUT2D eigenvalue weighted by molar-refractivity contribution is -0.119. The molecule has 5 nitrogen and oxygen atoms in total. The highest BCUT2D eigenvalue weighted by Crippen LogP contribution is 2.42. The molecule has 1 amide bonds. The summed E-state index contributed by atoms with van der Waals surface area (Å²) in [5, 5.41) is 3.24. The first-order valence-corrected chi connectivity index (χ1v) is 7.22. The second-order valence-corrected chi connectivity index (χ2v) is 5.22. The van der Waals surface area contributed by atoms with E-state index in [-0.39, 0.29) is 11.9 Å². The van der Waals surface area contributed by atoms with Crippen molar-refractivity contribution < 1.29 is 14.3 Å². The van der Waals surface area contributed by atoms with Crippen LogP contribution in [0.15, 0.2) is 12.1 Å². The van der Waals surface area contributed by atoms with Crippen LogP contribution in [0.4, 0.5) is 11.4 Å². The number of rotatable bonds is 3. The number of amides is 1. The normalized spacial score (nSPS) is 20.4. The lowest BCUT2D eigenvalue weighted by atomic mass is 10.1. The van der Waals surface area contributed by atoms with Crippen molar-refractivity contribution in [3.8, 4) is 11.5 Å². The summed E-state index contributed by atoms with van der Waals surface area (Å²) in [5.41, 5.74) is 1.84. The molecule has 0 saturated carbocycles. The van der Waals surface area contributed by atoms with Gasteiger partial charge in [-0.2, -0.15) is 0 Å². The van der Waals surface area contributed by atoms with Gasteiger partial charge in [0.2, 0.25) is 5.91 Å². The smallest absolute Gasteiger partial charge is 0.249 e. The predicted molar refractivity (Wildman–Crippen MR) is 77.8 cm³/mol. The van der Waals surface area contributed by atoms with E-state index in [0.717, 1.165) is 42.3 Å². The fourth-order valence-corrected chi connectivity index (χ4v) is 2.61. The van der Waals surface area contributed by atoms with E-state index in [4.69, 9.17) is 9.47 Å². The van der Waals surface area contributed by atoms with Crippen LogP contribution in [0, 0.1) is 0 Å². The van der Waals surface area contributed by atoms with Crippen LogP contribution in [0.25, 0.3) is 0 Å². The fourth-order valence-electron chi connectivity index (χ4n) is 2.61. The van der Waals surface area contributed by atoms with Gasteiger partial charge in [0.1, 0.15) is 19.3 Å². The summed E-state index contributed by atoms with van der Waals surface area (Å²) >= 11 is 0. The summed E-state index contributed by atoms with van der Waals surface area (Å²) in [5.74, 6) is 1.59. The number of unbranched alkanes of at least 4 members (excludes halogenated alkanes) is 1. The molecule has 2 aliphatic heterocycles. The Morgan fingerprint density at radius 2 is 2.00 bits per heavy atom. The summed E-state index contributed by atoms with van der Waals surface area (Å²) in [4.78, 5) is 14.2. The van der Waals surface area contributed by atoms with Crippen LogP contribution in [-0.4, -0.2) is 31.7 Å². The van der Waals surface area contributed by atoms with Gasteiger partial charge in [-0.15, -0.1) is 0 Å². The molecule has 0 radical (unpaired) electrons. The summed E-state index contributed by atoms with van der Waals surface area (Å²) in [6.45, 7) is 5.88. The largest absolute Gasteiger partial charge is 0.486 e. The Labute approximate surface area is 118 Å². The van der Waals surface area contributed by atoms with E-state index in [2.05, 4.69) is 12.2 Å². The lowest BCUT2D eigenvalue weighted by Gasteiger charge is -2.35. The molecule has 0 spiro atoms. The maximum Gasteiger partial charge on any atom is 0.249 e. The van der Waals surface area contributed by atoms with Crippen LogP contribution < -0.4 is 19.7 Å². The second-order valence-electron chi connectivity index (χ2n) is 5.22. The Kier molecular flexibility index (Phi) is 3.42. The number of carbonyl (C=O) groups is 1. The Morgan fingerprint density at radius 3 is 2.70 bits per heavy atom. The average molecular weight is 276 g/mol. The number of hydrogen-bond donors (Lipinski definition) is 1. The molecule has 0 aromatic heterocycles. The molecule has 0 bridgehead atoms. The Balaban J connectivity index is 2.00. The zero-order valence-corrected chi connectivity index (χ0v) is 11.9. The minimum atomic E-state index is -0.207. The average Bonchev–Trinajstić information content (AvgIpc) is 2.46. The molecule has 2 heterocycles. The maximum atomic E-state index is 12.4. The second kappa shape index (κ2) is 5.23. The van der Waals surface area contributed by atoms with E-state index in [1.165, 1.54) is 0 Å². The van der Waals surface area contributed by atoms with Gasteiger partial charge in [0, 0.05) is 18.7 Å². The van der Waals surface area contributed by atoms with Crippen molar-refractivity contribution in [2.45, 2.75) is 32.7 Å². The third-order valence-electron chi connectivity index (χ3n) is 3.70. The quantitative estimate of drug-likeness (QED) is 0.921. The predicted octanol–water partition coefficient (Wildman–Crippen LogP) is 2.40. The van der Waals surface area contributed by atoms with E-state index in [0.29, 0.717) is 13.2 Å². The highest BCUT2D eigenvalue weighted by atomic mass is 16.6. The first-order valence-electron chi connectivity index (χ1n) is 7.22. The summed E-state index contributed by atoms with van der Waals surface area (Å²) in [6, 6.07) is 3.64. The molecule has 3 rings (SSSR count). The summed E-state index contributed by atoms with van der Waals surface area (Å²) < 4.78 is 11.2. The van der Waals surface area contributed by atoms with Crippen molar-refractivity contribution in [1.82, 2.24) is 0 Å². The third kappa shape index (κ3) is 2.17. The van der Waals surface area contributed by atoms with Crippen molar-refractivity contribution in [3.05, 3.63) is 12.1 Å². The first kappa shape index (κ1) is 13.1. The highest BCUT2D eigenvalue weighted by Gasteiger charge is 2.31. The van der Waals surface area contributed by atoms with E-state index < -0.39 is 0 Å². The van der Waals surface area contributed by atoms with Gasteiger partial charge in [0.05, 0.1) is 11.4 Å². The Bertz CT molecular complexity index is 530. The molecule has 20 heavy (non-hydrogen) atoms. The molecular formula is C15H20N2O3. The number of ether oxygens (including phenoxy) is 2. The summed E-state index contributed by atoms with van der Waals surface area (Å²) in [7, 11) is 0. The van der Waals surface area contributed by atoms with Gasteiger partial charge in [-0.25, -0.2) is 0 Å². The van der Waals surface area contributed by atoms with Gasteiger partial charge in [-0.3, -0.25) is 4.79 Å². The number of nitrogens with zero attached hydrogens (tertiary/aromatic N) is 1. The minimum absolute atomic E-state index is 0.114. The van der Waals surface area contributed by atoms with Crippen molar-refractivity contribution in [3.63, 3.8) is 0 Å². The van der Waals surface area contributed by atoms with Crippen LogP contribution >= 0.6 is 0 Å². The zero-order chi connectivity index (χ0) is 14.1. The first-order chi connectivity index (χ1) is 9.70.